The molecule has 2 heteroatoms. The maximum absolute atomic E-state index is 2.52. The monoisotopic (exact) mass is 305 g/mol. The first kappa shape index (κ1) is 14.5. The van der Waals surface area contributed by atoms with Gasteiger partial charge in [0.2, 0.25) is 0 Å². The molecule has 0 aliphatic carbocycles. The lowest BCUT2D eigenvalue weighted by atomic mass is 9.97. The molecule has 0 unspecified atom stereocenters. The summed E-state index contributed by atoms with van der Waals surface area (Å²) in [4.78, 5) is 0. The molecule has 0 spiro atoms. The fraction of sp³-hybridized carbons (Fsp3) is 0.381. The Hall–Kier alpha value is -2.09. The van der Waals surface area contributed by atoms with Crippen molar-refractivity contribution in [2.45, 2.75) is 46.6 Å². The maximum atomic E-state index is 2.52. The summed E-state index contributed by atoms with van der Waals surface area (Å²) in [6.45, 7) is 10.1. The number of nitrogens with zero attached hydrogens (tertiary/aromatic N) is 2. The molecule has 1 aromatic heterocycles. The van der Waals surface area contributed by atoms with E-state index >= 15 is 0 Å². The quantitative estimate of drug-likeness (QED) is 0.619. The minimum atomic E-state index is 0.576. The van der Waals surface area contributed by atoms with Gasteiger partial charge in [-0.1, -0.05) is 32.0 Å². The van der Waals surface area contributed by atoms with Crippen LogP contribution in [0.5, 0.6) is 0 Å². The van der Waals surface area contributed by atoms with Gasteiger partial charge in [-0.3, -0.25) is 0 Å². The Labute approximate surface area is 138 Å². The maximum Gasteiger partial charge on any atom is 0.289 e. The van der Waals surface area contributed by atoms with Crippen LogP contribution in [0.1, 0.15) is 42.0 Å². The van der Waals surface area contributed by atoms with Crippen molar-refractivity contribution < 1.29 is 4.57 Å². The summed E-state index contributed by atoms with van der Waals surface area (Å²) in [6.07, 6.45) is 1.16. The molecule has 0 radical (unpaired) electrons. The van der Waals surface area contributed by atoms with Crippen molar-refractivity contribution in [3.8, 4) is 11.4 Å². The van der Waals surface area contributed by atoms with Crippen LogP contribution in [0, 0.1) is 13.8 Å². The molecule has 0 atom stereocenters. The van der Waals surface area contributed by atoms with E-state index in [4.69, 9.17) is 0 Å². The smallest absolute Gasteiger partial charge is 0.226 e. The molecule has 2 heterocycles. The van der Waals surface area contributed by atoms with Crippen LogP contribution >= 0.6 is 0 Å². The van der Waals surface area contributed by atoms with Crippen LogP contribution in [0.25, 0.3) is 22.4 Å². The molecule has 3 aromatic rings. The second-order valence-corrected chi connectivity index (χ2v) is 7.24. The number of hydrogen-bond donors (Lipinski definition) is 0. The zero-order chi connectivity index (χ0) is 16.3. The third kappa shape index (κ3) is 1.97. The van der Waals surface area contributed by atoms with Crippen LogP contribution in [-0.4, -0.2) is 4.57 Å². The highest BCUT2D eigenvalue weighted by atomic mass is 15.2. The molecule has 0 saturated heterocycles. The van der Waals surface area contributed by atoms with Gasteiger partial charge in [-0.15, -0.1) is 0 Å². The Bertz CT molecular complexity index is 929. The summed E-state index contributed by atoms with van der Waals surface area (Å²) < 4.78 is 4.89. The molecular formula is C21H25N2+. The minimum Gasteiger partial charge on any atom is -0.226 e. The molecular weight excluding hydrogens is 280 g/mol. The predicted octanol–water partition coefficient (Wildman–Crippen LogP) is 4.43. The predicted molar refractivity (Wildman–Crippen MR) is 95.8 cm³/mol. The third-order valence-corrected chi connectivity index (χ3v) is 5.44. The average Bonchev–Trinajstić information content (AvgIpc) is 3.05. The highest BCUT2D eigenvalue weighted by Crippen LogP contribution is 2.32. The van der Waals surface area contributed by atoms with Gasteiger partial charge in [0.15, 0.2) is 11.0 Å². The molecule has 1 aliphatic heterocycles. The van der Waals surface area contributed by atoms with Gasteiger partial charge in [0, 0.05) is 12.0 Å². The van der Waals surface area contributed by atoms with Crippen molar-refractivity contribution in [2.24, 2.45) is 7.05 Å². The number of aryl methyl sites for hydroxylation is 5. The summed E-state index contributed by atoms with van der Waals surface area (Å²) in [5.74, 6) is 1.92. The van der Waals surface area contributed by atoms with Crippen molar-refractivity contribution in [3.05, 3.63) is 52.6 Å². The zero-order valence-corrected chi connectivity index (χ0v) is 14.8. The highest BCUT2D eigenvalue weighted by molar-refractivity contribution is 5.81. The zero-order valence-electron chi connectivity index (χ0n) is 14.8. The lowest BCUT2D eigenvalue weighted by molar-refractivity contribution is -0.653. The lowest BCUT2D eigenvalue weighted by Gasteiger charge is -2.10. The molecule has 23 heavy (non-hydrogen) atoms. The van der Waals surface area contributed by atoms with E-state index < -0.39 is 0 Å². The van der Waals surface area contributed by atoms with Crippen molar-refractivity contribution in [1.29, 1.82) is 0 Å². The molecule has 0 bridgehead atoms. The lowest BCUT2D eigenvalue weighted by Crippen LogP contribution is -2.33. The molecule has 0 fully saturated rings. The Morgan fingerprint density at radius 3 is 2.52 bits per heavy atom. The van der Waals surface area contributed by atoms with Crippen LogP contribution in [-0.2, 0) is 20.0 Å². The molecule has 118 valence electrons. The summed E-state index contributed by atoms with van der Waals surface area (Å²) in [7, 11) is 2.20. The van der Waals surface area contributed by atoms with E-state index in [0.29, 0.717) is 5.92 Å². The van der Waals surface area contributed by atoms with E-state index in [2.05, 4.69) is 74.2 Å². The van der Waals surface area contributed by atoms with Crippen molar-refractivity contribution >= 4 is 11.0 Å². The summed E-state index contributed by atoms with van der Waals surface area (Å²) in [5, 5.41) is 0. The van der Waals surface area contributed by atoms with Gasteiger partial charge >= 0.3 is 0 Å². The SMILES string of the molecule is Cc1cc(C(C)C)ccc1-c1n(C)c2ccc(C)c3c2[n+]1CC3. The first-order valence-corrected chi connectivity index (χ1v) is 8.60. The number of imidazole rings is 1. The van der Waals surface area contributed by atoms with E-state index in [9.17, 15) is 0 Å². The molecule has 0 N–H and O–H groups in total. The summed E-state index contributed by atoms with van der Waals surface area (Å²) >= 11 is 0. The van der Waals surface area contributed by atoms with Crippen molar-refractivity contribution in [3.63, 3.8) is 0 Å². The Morgan fingerprint density at radius 1 is 1.04 bits per heavy atom. The fourth-order valence-corrected chi connectivity index (χ4v) is 4.08. The van der Waals surface area contributed by atoms with E-state index in [-0.39, 0.29) is 0 Å². The summed E-state index contributed by atoms with van der Waals surface area (Å²) in [6, 6.07) is 11.5. The van der Waals surface area contributed by atoms with E-state index in [1.807, 2.05) is 0 Å². The molecule has 2 aromatic carbocycles. The van der Waals surface area contributed by atoms with Crippen LogP contribution in [0.2, 0.25) is 0 Å². The highest BCUT2D eigenvalue weighted by Gasteiger charge is 2.31. The van der Waals surface area contributed by atoms with Crippen LogP contribution in [0.3, 0.4) is 0 Å². The molecule has 1 aliphatic rings. The van der Waals surface area contributed by atoms with Crippen LogP contribution < -0.4 is 4.57 Å². The molecule has 2 nitrogen and oxygen atoms in total. The van der Waals surface area contributed by atoms with Gasteiger partial charge in [-0.2, -0.15) is 0 Å². The van der Waals surface area contributed by atoms with Gasteiger partial charge in [-0.25, -0.2) is 9.13 Å². The van der Waals surface area contributed by atoms with Crippen molar-refractivity contribution in [1.82, 2.24) is 4.57 Å². The molecule has 4 rings (SSSR count). The standard InChI is InChI=1S/C21H25N2/c1-13(2)16-7-8-18(15(4)12-16)21-22(5)19-9-6-14(3)17-10-11-23(21)20(17)19/h6-9,12-13H,10-11H2,1-5H3/q+1. The van der Waals surface area contributed by atoms with Crippen LogP contribution in [0.4, 0.5) is 0 Å². The first-order chi connectivity index (χ1) is 11.0. The van der Waals surface area contributed by atoms with Gasteiger partial charge in [-0.05, 0) is 48.6 Å². The van der Waals surface area contributed by atoms with Crippen LogP contribution in [0.15, 0.2) is 30.3 Å². The van der Waals surface area contributed by atoms with Crippen molar-refractivity contribution in [2.75, 3.05) is 0 Å². The molecule has 0 amide bonds. The summed E-state index contributed by atoms with van der Waals surface area (Å²) in [5.41, 5.74) is 9.89. The van der Waals surface area contributed by atoms with E-state index in [1.165, 1.54) is 44.7 Å². The number of aromatic nitrogens is 2. The molecule has 0 saturated carbocycles. The largest absolute Gasteiger partial charge is 0.289 e. The van der Waals surface area contributed by atoms with Gasteiger partial charge in [0.25, 0.3) is 5.82 Å². The minimum absolute atomic E-state index is 0.576. The number of hydrogen-bond acceptors (Lipinski definition) is 0. The third-order valence-electron chi connectivity index (χ3n) is 5.44. The van der Waals surface area contributed by atoms with Gasteiger partial charge in [0.1, 0.15) is 0 Å². The normalized spacial score (nSPS) is 13.5. The second kappa shape index (κ2) is 4.95. The second-order valence-electron chi connectivity index (χ2n) is 7.24. The average molecular weight is 305 g/mol. The topological polar surface area (TPSA) is 8.81 Å². The Kier molecular flexibility index (Phi) is 3.12. The van der Waals surface area contributed by atoms with E-state index in [1.54, 1.807) is 0 Å². The van der Waals surface area contributed by atoms with Gasteiger partial charge in [0.05, 0.1) is 19.2 Å². The van der Waals surface area contributed by atoms with Gasteiger partial charge < -0.3 is 0 Å². The first-order valence-electron chi connectivity index (χ1n) is 8.60. The number of rotatable bonds is 2. The fourth-order valence-electron chi connectivity index (χ4n) is 4.08. The number of benzene rings is 2. The Morgan fingerprint density at radius 2 is 1.83 bits per heavy atom. The Balaban J connectivity index is 2.00. The van der Waals surface area contributed by atoms with E-state index in [0.717, 1.165) is 13.0 Å².